The van der Waals surface area contributed by atoms with Crippen LogP contribution in [0.1, 0.15) is 5.56 Å². The van der Waals surface area contributed by atoms with Crippen LogP contribution in [0.5, 0.6) is 5.75 Å². The van der Waals surface area contributed by atoms with Crippen molar-refractivity contribution in [2.75, 3.05) is 6.61 Å². The molecule has 0 aliphatic carbocycles. The van der Waals surface area contributed by atoms with E-state index in [9.17, 15) is 9.90 Å². The summed E-state index contributed by atoms with van der Waals surface area (Å²) in [7, 11) is 0. The van der Waals surface area contributed by atoms with E-state index in [0.29, 0.717) is 16.7 Å². The number of aliphatic hydroxyl groups is 1. The Hall–Kier alpha value is -2.18. The molecule has 0 saturated carbocycles. The Bertz CT molecular complexity index is 924. The van der Waals surface area contributed by atoms with Gasteiger partial charge in [-0.25, -0.2) is 4.98 Å². The largest absolute Gasteiger partial charge is 0.491 e. The summed E-state index contributed by atoms with van der Waals surface area (Å²) < 4.78 is 7.79. The lowest BCUT2D eigenvalue weighted by atomic mass is 10.2. The molecule has 1 N–H and O–H groups in total. The van der Waals surface area contributed by atoms with E-state index in [0.717, 1.165) is 10.0 Å². The minimum Gasteiger partial charge on any atom is -0.491 e. The lowest BCUT2D eigenvalue weighted by molar-refractivity contribution is 0.0914. The highest BCUT2D eigenvalue weighted by atomic mass is 79.9. The number of fused-ring (bicyclic) bond motifs is 1. The number of aryl methyl sites for hydroxylation is 1. The first-order valence-corrected chi connectivity index (χ1v) is 8.34. The number of aliphatic hydroxyl groups excluding tert-OH is 1. The maximum atomic E-state index is 12.5. The molecule has 0 aliphatic rings. The Morgan fingerprint density at radius 3 is 2.92 bits per heavy atom. The highest BCUT2D eigenvalue weighted by molar-refractivity contribution is 9.10. The number of rotatable bonds is 5. The second-order valence-electron chi connectivity index (χ2n) is 5.64. The lowest BCUT2D eigenvalue weighted by Crippen LogP contribution is -2.30. The number of benzene rings is 2. The molecule has 1 heterocycles. The fraction of sp³-hybridized carbons (Fsp3) is 0.222. The minimum absolute atomic E-state index is 0.104. The number of aromatic nitrogens is 2. The maximum Gasteiger partial charge on any atom is 0.261 e. The molecule has 3 aromatic rings. The summed E-state index contributed by atoms with van der Waals surface area (Å²) in [5.41, 5.74) is 1.53. The van der Waals surface area contributed by atoms with Crippen molar-refractivity contribution < 1.29 is 9.84 Å². The van der Waals surface area contributed by atoms with Gasteiger partial charge in [-0.15, -0.1) is 0 Å². The highest BCUT2D eigenvalue weighted by Gasteiger charge is 2.10. The number of hydrogen-bond donors (Lipinski definition) is 1. The molecule has 0 unspecified atom stereocenters. The summed E-state index contributed by atoms with van der Waals surface area (Å²) in [5.74, 6) is 0.696. The Balaban J connectivity index is 1.72. The smallest absolute Gasteiger partial charge is 0.261 e. The van der Waals surface area contributed by atoms with Crippen LogP contribution >= 0.6 is 15.9 Å². The predicted molar refractivity (Wildman–Crippen MR) is 96.4 cm³/mol. The predicted octanol–water partition coefficient (Wildman–Crippen LogP) is 2.91. The minimum atomic E-state index is -0.811. The lowest BCUT2D eigenvalue weighted by Gasteiger charge is -2.14. The van der Waals surface area contributed by atoms with Crippen molar-refractivity contribution in [2.45, 2.75) is 19.6 Å². The molecule has 0 fully saturated rings. The second kappa shape index (κ2) is 7.15. The first-order valence-electron chi connectivity index (χ1n) is 7.55. The third-order valence-electron chi connectivity index (χ3n) is 3.63. The monoisotopic (exact) mass is 388 g/mol. The van der Waals surface area contributed by atoms with E-state index in [-0.39, 0.29) is 18.7 Å². The molecule has 0 spiro atoms. The maximum absolute atomic E-state index is 12.5. The first-order chi connectivity index (χ1) is 11.5. The van der Waals surface area contributed by atoms with Crippen LogP contribution < -0.4 is 10.3 Å². The van der Waals surface area contributed by atoms with Gasteiger partial charge in [0.2, 0.25) is 0 Å². The van der Waals surface area contributed by atoms with Crippen molar-refractivity contribution in [1.29, 1.82) is 0 Å². The summed E-state index contributed by atoms with van der Waals surface area (Å²) in [5, 5.41) is 10.7. The molecule has 3 rings (SSSR count). The zero-order chi connectivity index (χ0) is 17.1. The second-order valence-corrected chi connectivity index (χ2v) is 6.56. The summed E-state index contributed by atoms with van der Waals surface area (Å²) in [6.07, 6.45) is 0.642. The zero-order valence-corrected chi connectivity index (χ0v) is 14.7. The van der Waals surface area contributed by atoms with Gasteiger partial charge in [0.25, 0.3) is 5.56 Å². The van der Waals surface area contributed by atoms with E-state index in [1.165, 1.54) is 10.9 Å². The molecule has 24 heavy (non-hydrogen) atoms. The SMILES string of the molecule is Cc1cccc(OC[C@H](O)Cn2cnc3ccc(Br)cc3c2=O)c1. The summed E-state index contributed by atoms with van der Waals surface area (Å²) >= 11 is 3.35. The first kappa shape index (κ1) is 16.7. The molecular formula is C18H17BrN2O3. The van der Waals surface area contributed by atoms with Crippen LogP contribution in [0, 0.1) is 6.92 Å². The van der Waals surface area contributed by atoms with E-state index in [2.05, 4.69) is 20.9 Å². The Morgan fingerprint density at radius 1 is 1.29 bits per heavy atom. The van der Waals surface area contributed by atoms with Crippen LogP contribution in [0.15, 0.2) is 58.1 Å². The molecule has 0 amide bonds. The van der Waals surface area contributed by atoms with Crippen LogP contribution in [0.25, 0.3) is 10.9 Å². The average molecular weight is 389 g/mol. The number of halogens is 1. The van der Waals surface area contributed by atoms with E-state index in [1.807, 2.05) is 37.3 Å². The van der Waals surface area contributed by atoms with Crippen LogP contribution in [-0.4, -0.2) is 27.4 Å². The fourth-order valence-corrected chi connectivity index (χ4v) is 2.80. The van der Waals surface area contributed by atoms with Crippen molar-refractivity contribution >= 4 is 26.8 Å². The van der Waals surface area contributed by atoms with Crippen molar-refractivity contribution in [2.24, 2.45) is 0 Å². The summed E-state index contributed by atoms with van der Waals surface area (Å²) in [6, 6.07) is 13.0. The molecule has 5 nitrogen and oxygen atoms in total. The normalized spacial score (nSPS) is 12.3. The van der Waals surface area contributed by atoms with Crippen LogP contribution in [0.4, 0.5) is 0 Å². The summed E-state index contributed by atoms with van der Waals surface area (Å²) in [6.45, 7) is 2.20. The van der Waals surface area contributed by atoms with Gasteiger partial charge in [0.05, 0.1) is 23.8 Å². The number of ether oxygens (including phenoxy) is 1. The quantitative estimate of drug-likeness (QED) is 0.729. The third-order valence-corrected chi connectivity index (χ3v) is 4.12. The van der Waals surface area contributed by atoms with E-state index >= 15 is 0 Å². The molecule has 0 radical (unpaired) electrons. The fourth-order valence-electron chi connectivity index (χ4n) is 2.44. The Kier molecular flexibility index (Phi) is 4.97. The van der Waals surface area contributed by atoms with Crippen molar-refractivity contribution in [1.82, 2.24) is 9.55 Å². The molecule has 0 bridgehead atoms. The Labute approximate surface area is 147 Å². The van der Waals surface area contributed by atoms with Gasteiger partial charge in [-0.3, -0.25) is 9.36 Å². The van der Waals surface area contributed by atoms with E-state index in [1.54, 1.807) is 12.1 Å². The van der Waals surface area contributed by atoms with Gasteiger partial charge in [0.1, 0.15) is 18.5 Å². The molecule has 1 atom stereocenters. The van der Waals surface area contributed by atoms with Crippen LogP contribution in [0.2, 0.25) is 0 Å². The van der Waals surface area contributed by atoms with Crippen molar-refractivity contribution in [3.63, 3.8) is 0 Å². The van der Waals surface area contributed by atoms with Crippen molar-refractivity contribution in [3.8, 4) is 5.75 Å². The van der Waals surface area contributed by atoms with Gasteiger partial charge < -0.3 is 9.84 Å². The average Bonchev–Trinajstić information content (AvgIpc) is 2.56. The molecule has 124 valence electrons. The number of hydrogen-bond acceptors (Lipinski definition) is 4. The topological polar surface area (TPSA) is 64.3 Å². The van der Waals surface area contributed by atoms with E-state index < -0.39 is 6.10 Å². The molecule has 0 aliphatic heterocycles. The van der Waals surface area contributed by atoms with Gasteiger partial charge in [-0.1, -0.05) is 28.1 Å². The molecule has 6 heteroatoms. The van der Waals surface area contributed by atoms with E-state index in [4.69, 9.17) is 4.74 Å². The molecular weight excluding hydrogens is 372 g/mol. The van der Waals surface area contributed by atoms with Crippen LogP contribution in [-0.2, 0) is 6.54 Å². The number of nitrogens with zero attached hydrogens (tertiary/aromatic N) is 2. The third kappa shape index (κ3) is 3.83. The van der Waals surface area contributed by atoms with Gasteiger partial charge in [0, 0.05) is 4.47 Å². The standard InChI is InChI=1S/C18H17BrN2O3/c1-12-3-2-4-15(7-12)24-10-14(22)9-21-11-20-17-6-5-13(19)8-16(17)18(21)23/h2-8,11,14,22H,9-10H2,1H3/t14-/m1/s1. The molecule has 1 aromatic heterocycles. The van der Waals surface area contributed by atoms with Gasteiger partial charge in [-0.05, 0) is 42.8 Å². The van der Waals surface area contributed by atoms with Gasteiger partial charge in [-0.2, -0.15) is 0 Å². The molecule has 2 aromatic carbocycles. The van der Waals surface area contributed by atoms with Gasteiger partial charge >= 0.3 is 0 Å². The highest BCUT2D eigenvalue weighted by Crippen LogP contribution is 2.15. The molecule has 0 saturated heterocycles. The summed E-state index contributed by atoms with van der Waals surface area (Å²) in [4.78, 5) is 16.7. The zero-order valence-electron chi connectivity index (χ0n) is 13.1. The van der Waals surface area contributed by atoms with Crippen molar-refractivity contribution in [3.05, 3.63) is 69.2 Å². The van der Waals surface area contributed by atoms with Gasteiger partial charge in [0.15, 0.2) is 0 Å². The Morgan fingerprint density at radius 2 is 2.12 bits per heavy atom. The van der Waals surface area contributed by atoms with Crippen LogP contribution in [0.3, 0.4) is 0 Å².